The van der Waals surface area contributed by atoms with Crippen molar-refractivity contribution in [1.82, 2.24) is 0 Å². The van der Waals surface area contributed by atoms with E-state index in [0.717, 1.165) is 4.88 Å². The second-order valence-electron chi connectivity index (χ2n) is 6.84. The van der Waals surface area contributed by atoms with Crippen molar-refractivity contribution in [2.45, 2.75) is 0 Å². The summed E-state index contributed by atoms with van der Waals surface area (Å²) in [5.74, 6) is 0.820. The molecule has 0 spiro atoms. The number of hydrogen-bond donors (Lipinski definition) is 0. The van der Waals surface area contributed by atoms with Crippen LogP contribution in [0.15, 0.2) is 70.7 Å². The van der Waals surface area contributed by atoms with E-state index in [0.29, 0.717) is 38.6 Å². The number of thiophene rings is 1. The Bertz CT molecular complexity index is 1260. The molecule has 2 heterocycles. The van der Waals surface area contributed by atoms with Crippen LogP contribution in [0.4, 0.5) is 5.69 Å². The monoisotopic (exact) mass is 498 g/mol. The van der Waals surface area contributed by atoms with Gasteiger partial charge in [-0.3, -0.25) is 14.5 Å². The summed E-state index contributed by atoms with van der Waals surface area (Å²) in [6.45, 7) is 0. The Morgan fingerprint density at radius 3 is 2.70 bits per heavy atom. The Labute approximate surface area is 204 Å². The van der Waals surface area contributed by atoms with E-state index in [-0.39, 0.29) is 17.4 Å². The van der Waals surface area contributed by atoms with Crippen molar-refractivity contribution >= 4 is 63.3 Å². The molecule has 0 bridgehead atoms. The van der Waals surface area contributed by atoms with Crippen molar-refractivity contribution in [3.8, 4) is 11.5 Å². The van der Waals surface area contributed by atoms with Gasteiger partial charge in [0.25, 0.3) is 5.91 Å². The molecule has 168 valence electrons. The van der Waals surface area contributed by atoms with Gasteiger partial charge in [-0.15, -0.1) is 11.3 Å². The minimum atomic E-state index is -0.291. The van der Waals surface area contributed by atoms with Crippen LogP contribution in [0.25, 0.3) is 6.08 Å². The number of nitrogens with zero attached hydrogens (tertiary/aromatic N) is 2. The quantitative estimate of drug-likeness (QED) is 0.305. The fourth-order valence-corrected chi connectivity index (χ4v) is 4.94. The van der Waals surface area contributed by atoms with E-state index in [2.05, 4.69) is 4.99 Å². The standard InChI is InChI=1S/C24H19ClN2O4S2/c1-30-17-6-3-5-15(11-17)21(28)14-33-24-26-20(13-18-7-4-10-32-18)23(29)27(24)16-8-9-22(31-2)19(25)12-16/h3-13H,14H2,1-2H3/b20-13-. The van der Waals surface area contributed by atoms with Crippen molar-refractivity contribution in [1.29, 1.82) is 0 Å². The molecular weight excluding hydrogens is 480 g/mol. The number of amidine groups is 1. The SMILES string of the molecule is COc1cccc(C(=O)CSC2=N/C(=C\c3cccs3)C(=O)N2c2ccc(OC)c(Cl)c2)c1. The highest BCUT2D eigenvalue weighted by molar-refractivity contribution is 8.14. The number of halogens is 1. The fraction of sp³-hybridized carbons (Fsp3) is 0.125. The first-order valence-electron chi connectivity index (χ1n) is 9.82. The Hall–Kier alpha value is -3.07. The third-order valence-corrected chi connectivity index (χ3v) is 6.82. The van der Waals surface area contributed by atoms with E-state index in [1.165, 1.54) is 35.1 Å². The average Bonchev–Trinajstić information content (AvgIpc) is 3.45. The molecule has 0 aliphatic carbocycles. The van der Waals surface area contributed by atoms with Crippen LogP contribution in [0.3, 0.4) is 0 Å². The largest absolute Gasteiger partial charge is 0.497 e. The molecule has 0 unspecified atom stereocenters. The molecule has 0 saturated heterocycles. The molecule has 0 N–H and O–H groups in total. The Kier molecular flexibility index (Phi) is 7.17. The summed E-state index contributed by atoms with van der Waals surface area (Å²) >= 11 is 9.00. The van der Waals surface area contributed by atoms with Gasteiger partial charge in [0.2, 0.25) is 0 Å². The molecule has 33 heavy (non-hydrogen) atoms. The number of anilines is 1. The number of thioether (sulfide) groups is 1. The van der Waals surface area contributed by atoms with Crippen LogP contribution in [0, 0.1) is 0 Å². The number of rotatable bonds is 7. The summed E-state index contributed by atoms with van der Waals surface area (Å²) in [4.78, 5) is 33.0. The lowest BCUT2D eigenvalue weighted by molar-refractivity contribution is -0.113. The molecule has 0 radical (unpaired) electrons. The summed E-state index contributed by atoms with van der Waals surface area (Å²) in [5, 5.41) is 2.70. The molecule has 0 atom stereocenters. The molecule has 3 aromatic rings. The maximum atomic E-state index is 13.3. The van der Waals surface area contributed by atoms with Gasteiger partial charge in [-0.1, -0.05) is 41.6 Å². The Balaban J connectivity index is 1.63. The lowest BCUT2D eigenvalue weighted by Crippen LogP contribution is -2.30. The lowest BCUT2D eigenvalue weighted by atomic mass is 10.1. The predicted molar refractivity (Wildman–Crippen MR) is 135 cm³/mol. The van der Waals surface area contributed by atoms with Crippen LogP contribution >= 0.6 is 34.7 Å². The third-order valence-electron chi connectivity index (χ3n) is 4.77. The highest BCUT2D eigenvalue weighted by Crippen LogP contribution is 2.34. The fourth-order valence-electron chi connectivity index (χ4n) is 3.13. The zero-order chi connectivity index (χ0) is 23.4. The van der Waals surface area contributed by atoms with Gasteiger partial charge in [0.05, 0.1) is 30.7 Å². The van der Waals surface area contributed by atoms with Gasteiger partial charge in [-0.2, -0.15) is 0 Å². The van der Waals surface area contributed by atoms with Gasteiger partial charge in [0.1, 0.15) is 17.2 Å². The summed E-state index contributed by atoms with van der Waals surface area (Å²) in [6, 6.07) is 15.8. The second-order valence-corrected chi connectivity index (χ2v) is 9.17. The highest BCUT2D eigenvalue weighted by atomic mass is 35.5. The lowest BCUT2D eigenvalue weighted by Gasteiger charge is -2.18. The van der Waals surface area contributed by atoms with Gasteiger partial charge in [-0.25, -0.2) is 4.99 Å². The Morgan fingerprint density at radius 1 is 1.15 bits per heavy atom. The first-order valence-corrected chi connectivity index (χ1v) is 12.1. The second kappa shape index (κ2) is 10.2. The Morgan fingerprint density at radius 2 is 2.00 bits per heavy atom. The molecule has 1 amide bonds. The van der Waals surface area contributed by atoms with Crippen LogP contribution in [0.1, 0.15) is 15.2 Å². The summed E-state index contributed by atoms with van der Waals surface area (Å²) in [7, 11) is 3.08. The topological polar surface area (TPSA) is 68.2 Å². The summed E-state index contributed by atoms with van der Waals surface area (Å²) in [6.07, 6.45) is 1.74. The minimum absolute atomic E-state index is 0.0996. The molecule has 2 aromatic carbocycles. The van der Waals surface area contributed by atoms with Crippen LogP contribution < -0.4 is 14.4 Å². The molecule has 1 aliphatic heterocycles. The van der Waals surface area contributed by atoms with Crippen LogP contribution in [0.2, 0.25) is 5.02 Å². The number of Topliss-reactive ketones (excluding diaryl/α,β-unsaturated/α-hetero) is 1. The van der Waals surface area contributed by atoms with E-state index in [4.69, 9.17) is 21.1 Å². The third kappa shape index (κ3) is 5.13. The van der Waals surface area contributed by atoms with Gasteiger partial charge in [0, 0.05) is 10.4 Å². The maximum absolute atomic E-state index is 13.3. The molecule has 4 rings (SSSR count). The number of amides is 1. The van der Waals surface area contributed by atoms with Gasteiger partial charge < -0.3 is 9.47 Å². The zero-order valence-electron chi connectivity index (χ0n) is 17.8. The molecule has 9 heteroatoms. The van der Waals surface area contributed by atoms with Crippen LogP contribution in [-0.2, 0) is 4.79 Å². The molecule has 1 aromatic heterocycles. The summed E-state index contributed by atoms with van der Waals surface area (Å²) in [5.41, 5.74) is 1.36. The number of aliphatic imine (C=N–C) groups is 1. The minimum Gasteiger partial charge on any atom is -0.497 e. The number of benzene rings is 2. The zero-order valence-corrected chi connectivity index (χ0v) is 20.2. The maximum Gasteiger partial charge on any atom is 0.283 e. The van der Waals surface area contributed by atoms with Crippen LogP contribution in [-0.4, -0.2) is 36.8 Å². The van der Waals surface area contributed by atoms with Crippen LogP contribution in [0.5, 0.6) is 11.5 Å². The van der Waals surface area contributed by atoms with E-state index >= 15 is 0 Å². The number of ether oxygens (including phenoxy) is 2. The smallest absolute Gasteiger partial charge is 0.283 e. The summed E-state index contributed by atoms with van der Waals surface area (Å²) < 4.78 is 10.4. The first kappa shape index (κ1) is 23.1. The molecule has 1 aliphatic rings. The van der Waals surface area contributed by atoms with Gasteiger partial charge >= 0.3 is 0 Å². The number of carbonyl (C=O) groups is 2. The van der Waals surface area contributed by atoms with Crippen molar-refractivity contribution in [2.75, 3.05) is 24.9 Å². The number of ketones is 1. The molecular formula is C24H19ClN2O4S2. The highest BCUT2D eigenvalue weighted by Gasteiger charge is 2.33. The molecule has 0 saturated carbocycles. The van der Waals surface area contributed by atoms with E-state index in [1.54, 1.807) is 55.7 Å². The molecule has 0 fully saturated rings. The van der Waals surface area contributed by atoms with Crippen molar-refractivity contribution in [2.24, 2.45) is 4.99 Å². The van der Waals surface area contributed by atoms with E-state index in [1.807, 2.05) is 17.5 Å². The molecule has 6 nitrogen and oxygen atoms in total. The van der Waals surface area contributed by atoms with E-state index in [9.17, 15) is 9.59 Å². The predicted octanol–water partition coefficient (Wildman–Crippen LogP) is 5.78. The number of carbonyl (C=O) groups excluding carboxylic acids is 2. The van der Waals surface area contributed by atoms with Gasteiger partial charge in [0.15, 0.2) is 11.0 Å². The van der Waals surface area contributed by atoms with Crippen molar-refractivity contribution in [3.63, 3.8) is 0 Å². The normalized spacial score (nSPS) is 14.5. The first-order chi connectivity index (χ1) is 16.0. The van der Waals surface area contributed by atoms with E-state index < -0.39 is 0 Å². The average molecular weight is 499 g/mol. The number of methoxy groups -OCH3 is 2. The van der Waals surface area contributed by atoms with Crippen molar-refractivity contribution in [3.05, 3.63) is 81.1 Å². The van der Waals surface area contributed by atoms with Crippen molar-refractivity contribution < 1.29 is 19.1 Å². The van der Waals surface area contributed by atoms with Gasteiger partial charge in [-0.05, 0) is 47.9 Å². The number of hydrogen-bond acceptors (Lipinski definition) is 7.